The summed E-state index contributed by atoms with van der Waals surface area (Å²) in [4.78, 5) is 28.9. The highest BCUT2D eigenvalue weighted by atomic mass is 35.5. The summed E-state index contributed by atoms with van der Waals surface area (Å²) >= 11 is 6.41. The number of aryl methyl sites for hydroxylation is 1. The number of hydrogen-bond donors (Lipinski definition) is 0. The number of fused-ring (bicyclic) bond motifs is 2. The van der Waals surface area contributed by atoms with Gasteiger partial charge in [-0.15, -0.1) is 0 Å². The molecule has 0 fully saturated rings. The van der Waals surface area contributed by atoms with Crippen molar-refractivity contribution >= 4 is 28.5 Å². The molecule has 4 aromatic rings. The summed E-state index contributed by atoms with van der Waals surface area (Å²) in [5.41, 5.74) is 3.06. The Kier molecular flexibility index (Phi) is 5.43. The van der Waals surface area contributed by atoms with Crippen molar-refractivity contribution in [3.05, 3.63) is 110 Å². The van der Waals surface area contributed by atoms with Gasteiger partial charge >= 0.3 is 0 Å². The summed E-state index contributed by atoms with van der Waals surface area (Å²) in [6.07, 6.45) is 0. The molecule has 0 N–H and O–H groups in total. The lowest BCUT2D eigenvalue weighted by Crippen LogP contribution is -2.29. The summed E-state index contributed by atoms with van der Waals surface area (Å²) in [6.45, 7) is 4.58. The maximum atomic E-state index is 13.7. The van der Waals surface area contributed by atoms with E-state index < -0.39 is 6.04 Å². The minimum atomic E-state index is -0.620. The Balaban J connectivity index is 1.73. The molecule has 1 unspecified atom stereocenters. The second kappa shape index (κ2) is 8.41. The molecule has 0 bridgehead atoms. The minimum absolute atomic E-state index is 0.0789. The van der Waals surface area contributed by atoms with Crippen LogP contribution in [0.25, 0.3) is 11.0 Å². The van der Waals surface area contributed by atoms with Crippen molar-refractivity contribution in [1.82, 2.24) is 4.90 Å². The molecule has 1 amide bonds. The second-order valence-corrected chi connectivity index (χ2v) is 8.51. The van der Waals surface area contributed by atoms with Gasteiger partial charge < -0.3 is 14.1 Å². The van der Waals surface area contributed by atoms with Crippen molar-refractivity contribution in [2.45, 2.75) is 26.4 Å². The average molecular weight is 460 g/mol. The Morgan fingerprint density at radius 1 is 1.03 bits per heavy atom. The van der Waals surface area contributed by atoms with Gasteiger partial charge in [-0.05, 0) is 55.3 Å². The third-order valence-electron chi connectivity index (χ3n) is 5.90. The van der Waals surface area contributed by atoms with Gasteiger partial charge in [-0.25, -0.2) is 0 Å². The maximum absolute atomic E-state index is 13.7. The van der Waals surface area contributed by atoms with E-state index in [1.54, 1.807) is 23.1 Å². The van der Waals surface area contributed by atoms with Gasteiger partial charge in [0.2, 0.25) is 5.76 Å². The monoisotopic (exact) mass is 459 g/mol. The van der Waals surface area contributed by atoms with E-state index in [1.165, 1.54) is 0 Å². The number of ether oxygens (including phenoxy) is 1. The first kappa shape index (κ1) is 21.3. The van der Waals surface area contributed by atoms with Crippen LogP contribution in [0.4, 0.5) is 0 Å². The molecule has 166 valence electrons. The van der Waals surface area contributed by atoms with Gasteiger partial charge in [0.25, 0.3) is 5.91 Å². The molecule has 2 heterocycles. The lowest BCUT2D eigenvalue weighted by Gasteiger charge is -2.26. The minimum Gasteiger partial charge on any atom is -0.494 e. The molecule has 0 saturated carbocycles. The van der Waals surface area contributed by atoms with Crippen LogP contribution >= 0.6 is 11.6 Å². The Morgan fingerprint density at radius 3 is 2.64 bits per heavy atom. The van der Waals surface area contributed by atoms with E-state index in [2.05, 4.69) is 0 Å². The van der Waals surface area contributed by atoms with Gasteiger partial charge in [0.1, 0.15) is 11.3 Å². The molecule has 1 aromatic heterocycles. The summed E-state index contributed by atoms with van der Waals surface area (Å²) in [6, 6.07) is 19.7. The summed E-state index contributed by atoms with van der Waals surface area (Å²) in [7, 11) is 0. The van der Waals surface area contributed by atoms with Crippen molar-refractivity contribution in [1.29, 1.82) is 0 Å². The smallest absolute Gasteiger partial charge is 0.291 e. The zero-order valence-electron chi connectivity index (χ0n) is 18.3. The van der Waals surface area contributed by atoms with Crippen LogP contribution < -0.4 is 10.2 Å². The molecule has 6 heteroatoms. The number of benzene rings is 3. The molecular formula is C27H22ClNO4. The van der Waals surface area contributed by atoms with E-state index >= 15 is 0 Å². The molecule has 1 atom stereocenters. The van der Waals surface area contributed by atoms with Crippen LogP contribution in [-0.4, -0.2) is 17.4 Å². The van der Waals surface area contributed by atoms with Crippen molar-refractivity contribution in [2.24, 2.45) is 0 Å². The van der Waals surface area contributed by atoms with Crippen LogP contribution in [0.1, 0.15) is 45.8 Å². The Morgan fingerprint density at radius 2 is 1.85 bits per heavy atom. The number of hydrogen-bond acceptors (Lipinski definition) is 4. The summed E-state index contributed by atoms with van der Waals surface area (Å²) in [5.74, 6) is 0.418. The first-order chi connectivity index (χ1) is 16.0. The van der Waals surface area contributed by atoms with Crippen LogP contribution in [0.15, 0.2) is 75.9 Å². The predicted octanol–water partition coefficient (Wildman–Crippen LogP) is 5.90. The number of halogens is 1. The molecule has 33 heavy (non-hydrogen) atoms. The molecule has 5 rings (SSSR count). The molecule has 0 aliphatic carbocycles. The fraction of sp³-hybridized carbons (Fsp3) is 0.185. The molecular weight excluding hydrogens is 438 g/mol. The topological polar surface area (TPSA) is 59.8 Å². The van der Waals surface area contributed by atoms with Crippen molar-refractivity contribution in [2.75, 3.05) is 6.61 Å². The highest BCUT2D eigenvalue weighted by Crippen LogP contribution is 2.40. The van der Waals surface area contributed by atoms with Gasteiger partial charge in [0.05, 0.1) is 23.6 Å². The number of nitrogens with zero attached hydrogens (tertiary/aromatic N) is 1. The van der Waals surface area contributed by atoms with E-state index in [4.69, 9.17) is 20.8 Å². The Labute approximate surface area is 196 Å². The second-order valence-electron chi connectivity index (χ2n) is 8.11. The first-order valence-electron chi connectivity index (χ1n) is 10.8. The largest absolute Gasteiger partial charge is 0.494 e. The molecule has 0 spiro atoms. The zero-order chi connectivity index (χ0) is 23.1. The standard InChI is InChI=1S/C27H22ClNO4/c1-3-32-19-9-6-8-17(14-19)24-23-25(30)20-13-16(2)11-12-22(20)33-26(23)27(31)29(24)15-18-7-4-5-10-21(18)28/h4-14,24H,3,15H2,1-2H3. The fourth-order valence-corrected chi connectivity index (χ4v) is 4.59. The Bertz CT molecular complexity index is 1440. The average Bonchev–Trinajstić information content (AvgIpc) is 3.08. The van der Waals surface area contributed by atoms with E-state index in [9.17, 15) is 9.59 Å². The third kappa shape index (κ3) is 3.68. The molecule has 0 saturated heterocycles. The van der Waals surface area contributed by atoms with Crippen molar-refractivity contribution in [3.8, 4) is 5.75 Å². The van der Waals surface area contributed by atoms with Crippen molar-refractivity contribution in [3.63, 3.8) is 0 Å². The van der Waals surface area contributed by atoms with Crippen LogP contribution in [0.3, 0.4) is 0 Å². The molecule has 0 radical (unpaired) electrons. The zero-order valence-corrected chi connectivity index (χ0v) is 19.1. The van der Waals surface area contributed by atoms with Gasteiger partial charge in [-0.3, -0.25) is 9.59 Å². The number of carbonyl (C=O) groups excluding carboxylic acids is 1. The van der Waals surface area contributed by atoms with E-state index in [-0.39, 0.29) is 23.6 Å². The maximum Gasteiger partial charge on any atom is 0.291 e. The number of amides is 1. The molecule has 1 aliphatic heterocycles. The fourth-order valence-electron chi connectivity index (χ4n) is 4.40. The summed E-state index contributed by atoms with van der Waals surface area (Å²) in [5, 5.41) is 1.02. The normalized spacial score (nSPS) is 15.2. The van der Waals surface area contributed by atoms with Gasteiger partial charge in [-0.2, -0.15) is 0 Å². The van der Waals surface area contributed by atoms with Crippen LogP contribution in [0.2, 0.25) is 5.02 Å². The van der Waals surface area contributed by atoms with E-state index in [0.717, 1.165) is 16.7 Å². The molecule has 1 aliphatic rings. The van der Waals surface area contributed by atoms with Crippen LogP contribution in [0, 0.1) is 6.92 Å². The van der Waals surface area contributed by atoms with E-state index in [0.29, 0.717) is 33.9 Å². The molecule has 3 aromatic carbocycles. The van der Waals surface area contributed by atoms with Crippen LogP contribution in [0.5, 0.6) is 5.75 Å². The highest BCUT2D eigenvalue weighted by Gasteiger charge is 2.43. The lowest BCUT2D eigenvalue weighted by molar-refractivity contribution is 0.0714. The van der Waals surface area contributed by atoms with Gasteiger partial charge in [-0.1, -0.05) is 53.6 Å². The molecule has 5 nitrogen and oxygen atoms in total. The van der Waals surface area contributed by atoms with Crippen LogP contribution in [-0.2, 0) is 6.54 Å². The number of rotatable bonds is 5. The predicted molar refractivity (Wildman–Crippen MR) is 128 cm³/mol. The van der Waals surface area contributed by atoms with Gasteiger partial charge in [0.15, 0.2) is 5.43 Å². The quantitative estimate of drug-likeness (QED) is 0.373. The number of carbonyl (C=O) groups is 1. The lowest BCUT2D eigenvalue weighted by atomic mass is 9.97. The van der Waals surface area contributed by atoms with E-state index in [1.807, 2.05) is 62.4 Å². The van der Waals surface area contributed by atoms with Crippen molar-refractivity contribution < 1.29 is 13.9 Å². The SMILES string of the molecule is CCOc1cccc(C2c3c(oc4ccc(C)cc4c3=O)C(=O)N2Cc2ccccc2Cl)c1. The highest BCUT2D eigenvalue weighted by molar-refractivity contribution is 6.31. The Hall–Kier alpha value is -3.57. The third-order valence-corrected chi connectivity index (χ3v) is 6.27. The summed E-state index contributed by atoms with van der Waals surface area (Å²) < 4.78 is 11.7. The van der Waals surface area contributed by atoms with Gasteiger partial charge in [0, 0.05) is 11.6 Å². The first-order valence-corrected chi connectivity index (χ1v) is 11.2.